The quantitative estimate of drug-likeness (QED) is 0.0449. The minimum atomic E-state index is -0.875. The van der Waals surface area contributed by atoms with Gasteiger partial charge in [0.2, 0.25) is 0 Å². The van der Waals surface area contributed by atoms with Crippen LogP contribution in [-0.2, 0) is 38.7 Å². The van der Waals surface area contributed by atoms with Crippen molar-refractivity contribution < 1.29 is 29.6 Å². The Labute approximate surface area is 321 Å². The Balaban J connectivity index is 0.987. The molecule has 9 heteroatoms. The third-order valence-corrected chi connectivity index (χ3v) is 11.9. The first-order valence-electron chi connectivity index (χ1n) is 20.5. The number of hydrogen-bond donors (Lipinski definition) is 7. The maximum absolute atomic E-state index is 11.2. The Kier molecular flexibility index (Phi) is 14.7. The molecule has 6 rings (SSSR count). The molecule has 0 saturated heterocycles. The Hall–Kier alpha value is -3.60. The number of rotatable bonds is 21. The van der Waals surface area contributed by atoms with E-state index in [0.29, 0.717) is 49.4 Å². The highest BCUT2D eigenvalue weighted by Crippen LogP contribution is 2.47. The second kappa shape index (κ2) is 19.8. The van der Waals surface area contributed by atoms with Gasteiger partial charge < -0.3 is 45.6 Å². The summed E-state index contributed by atoms with van der Waals surface area (Å²) in [6.07, 6.45) is 12.1. The summed E-state index contributed by atoms with van der Waals surface area (Å²) in [5, 5.41) is 45.2. The van der Waals surface area contributed by atoms with Gasteiger partial charge in [0.25, 0.3) is 0 Å². The smallest absolute Gasteiger partial charge is 0.161 e. The molecule has 1 fully saturated rings. The summed E-state index contributed by atoms with van der Waals surface area (Å²) in [5.41, 5.74) is 12.5. The standard InChI is InChI=1S/C45H63N3O6/c1-30(50)26-47-27-39-37-13-8-12-34(37)17-19-40-38(39)24-41(48-40)43(52)29-53-45-22-32(16-20-42(45)51)15-18-36-23-35(28-49)44(54-36)14-7-3-6-11-33(25-46)21-31-9-4-2-5-10-31/h2,4-5,9-10,16,20,22-24,30,33-34,37,39,43,47-52H,3,6-8,11-15,17-19,21,25-29,46H2,1H3. The van der Waals surface area contributed by atoms with Crippen molar-refractivity contribution in [2.24, 2.45) is 23.5 Å². The van der Waals surface area contributed by atoms with Crippen LogP contribution in [0.3, 0.4) is 0 Å². The fourth-order valence-corrected chi connectivity index (χ4v) is 8.98. The second-order valence-electron chi connectivity index (χ2n) is 16.0. The van der Waals surface area contributed by atoms with Crippen molar-refractivity contribution in [3.63, 3.8) is 0 Å². The summed E-state index contributed by atoms with van der Waals surface area (Å²) in [7, 11) is 0. The Morgan fingerprint density at radius 2 is 1.81 bits per heavy atom. The van der Waals surface area contributed by atoms with E-state index < -0.39 is 6.10 Å². The van der Waals surface area contributed by atoms with Crippen molar-refractivity contribution in [3.05, 3.63) is 106 Å². The molecule has 6 unspecified atom stereocenters. The molecule has 4 aromatic rings. The molecule has 2 aromatic heterocycles. The number of phenols is 1. The lowest BCUT2D eigenvalue weighted by Crippen LogP contribution is -2.32. The molecule has 2 heterocycles. The van der Waals surface area contributed by atoms with Crippen LogP contribution in [0.5, 0.6) is 11.5 Å². The molecule has 8 N–H and O–H groups in total. The van der Waals surface area contributed by atoms with Crippen LogP contribution in [0.25, 0.3) is 0 Å². The van der Waals surface area contributed by atoms with Gasteiger partial charge in [0.1, 0.15) is 24.2 Å². The highest BCUT2D eigenvalue weighted by atomic mass is 16.5. The Morgan fingerprint density at radius 1 is 0.963 bits per heavy atom. The summed E-state index contributed by atoms with van der Waals surface area (Å²) in [6, 6.07) is 20.0. The number of furan rings is 1. The van der Waals surface area contributed by atoms with Crippen LogP contribution in [-0.4, -0.2) is 57.8 Å². The molecule has 2 aromatic carbocycles. The Bertz CT molecular complexity index is 1720. The predicted octanol–water partition coefficient (Wildman–Crippen LogP) is 7.04. The number of aromatic hydroxyl groups is 1. The van der Waals surface area contributed by atoms with Crippen LogP contribution in [0.4, 0.5) is 0 Å². The molecular formula is C45H63N3O6. The largest absolute Gasteiger partial charge is 0.504 e. The van der Waals surface area contributed by atoms with Gasteiger partial charge in [-0.1, -0.05) is 62.1 Å². The third-order valence-electron chi connectivity index (χ3n) is 11.9. The fraction of sp³-hybridized carbons (Fsp3) is 0.556. The monoisotopic (exact) mass is 741 g/mol. The van der Waals surface area contributed by atoms with Gasteiger partial charge in [-0.15, -0.1) is 0 Å². The molecule has 0 amide bonds. The average Bonchev–Trinajstić information content (AvgIpc) is 3.91. The number of aromatic amines is 1. The van der Waals surface area contributed by atoms with Crippen LogP contribution >= 0.6 is 0 Å². The highest BCUT2D eigenvalue weighted by Gasteiger charge is 2.38. The minimum Gasteiger partial charge on any atom is -0.504 e. The summed E-state index contributed by atoms with van der Waals surface area (Å²) in [4.78, 5) is 3.54. The van der Waals surface area contributed by atoms with Crippen molar-refractivity contribution in [2.45, 2.75) is 115 Å². The van der Waals surface area contributed by atoms with Gasteiger partial charge in [0.15, 0.2) is 11.5 Å². The number of phenolic OH excluding ortho intramolecular Hbond substituents is 1. The molecule has 2 aliphatic rings. The topological polar surface area (TPSA) is 157 Å². The van der Waals surface area contributed by atoms with Crippen LogP contribution in [0.1, 0.15) is 115 Å². The number of H-pyrrole nitrogens is 1. The third kappa shape index (κ3) is 10.8. The number of ether oxygens (including phenoxy) is 1. The first kappa shape index (κ1) is 40.1. The van der Waals surface area contributed by atoms with E-state index in [1.165, 1.54) is 36.1 Å². The Morgan fingerprint density at radius 3 is 2.61 bits per heavy atom. The molecule has 0 aliphatic heterocycles. The SMILES string of the molecule is CC(O)CNCC1c2cc(C(O)COc3cc(CCc4cc(CO)c(CCCCCC(CN)Cc5ccccc5)o4)ccc3O)[nH]c2CCC2CCCC21. The zero-order valence-corrected chi connectivity index (χ0v) is 32.1. The number of fused-ring (bicyclic) bond motifs is 2. The summed E-state index contributed by atoms with van der Waals surface area (Å²) in [6.45, 7) is 3.85. The molecule has 54 heavy (non-hydrogen) atoms. The lowest BCUT2D eigenvalue weighted by atomic mass is 9.80. The lowest BCUT2D eigenvalue weighted by molar-refractivity contribution is 0.103. The number of nitrogens with one attached hydrogen (secondary N) is 2. The summed E-state index contributed by atoms with van der Waals surface area (Å²) < 4.78 is 12.3. The average molecular weight is 742 g/mol. The first-order chi connectivity index (χ1) is 26.3. The molecule has 6 atom stereocenters. The van der Waals surface area contributed by atoms with Crippen LogP contribution in [0.2, 0.25) is 0 Å². The van der Waals surface area contributed by atoms with Crippen molar-refractivity contribution in [1.29, 1.82) is 0 Å². The number of aliphatic hydroxyl groups is 3. The van der Waals surface area contributed by atoms with E-state index in [9.17, 15) is 20.4 Å². The van der Waals surface area contributed by atoms with Gasteiger partial charge in [0, 0.05) is 48.8 Å². The maximum atomic E-state index is 11.2. The zero-order chi connectivity index (χ0) is 37.9. The predicted molar refractivity (Wildman–Crippen MR) is 213 cm³/mol. The molecule has 0 radical (unpaired) electrons. The molecular weight excluding hydrogens is 679 g/mol. The molecule has 294 valence electrons. The van der Waals surface area contributed by atoms with Gasteiger partial charge in [-0.25, -0.2) is 0 Å². The van der Waals surface area contributed by atoms with Crippen molar-refractivity contribution in [2.75, 3.05) is 26.2 Å². The van der Waals surface area contributed by atoms with E-state index in [1.807, 2.05) is 24.3 Å². The number of aliphatic hydroxyl groups excluding tert-OH is 3. The number of aryl methyl sites for hydroxylation is 4. The van der Waals surface area contributed by atoms with Crippen molar-refractivity contribution in [3.8, 4) is 11.5 Å². The van der Waals surface area contributed by atoms with Gasteiger partial charge in [0.05, 0.1) is 12.7 Å². The van der Waals surface area contributed by atoms with Crippen LogP contribution in [0, 0.1) is 17.8 Å². The van der Waals surface area contributed by atoms with E-state index >= 15 is 0 Å². The van der Waals surface area contributed by atoms with E-state index in [2.05, 4.69) is 40.6 Å². The minimum absolute atomic E-state index is 0.00864. The summed E-state index contributed by atoms with van der Waals surface area (Å²) in [5.74, 6) is 4.24. The normalized spacial score (nSPS) is 19.9. The van der Waals surface area contributed by atoms with Crippen molar-refractivity contribution in [1.82, 2.24) is 10.3 Å². The maximum Gasteiger partial charge on any atom is 0.161 e. The number of benzene rings is 2. The van der Waals surface area contributed by atoms with Gasteiger partial charge >= 0.3 is 0 Å². The number of hydrogen-bond acceptors (Lipinski definition) is 8. The van der Waals surface area contributed by atoms with E-state index in [4.69, 9.17) is 14.9 Å². The van der Waals surface area contributed by atoms with Crippen LogP contribution < -0.4 is 15.8 Å². The number of unbranched alkanes of at least 4 members (excludes halogenated alkanes) is 2. The lowest BCUT2D eigenvalue weighted by Gasteiger charge is -2.27. The van der Waals surface area contributed by atoms with Crippen LogP contribution in [0.15, 0.2) is 65.1 Å². The van der Waals surface area contributed by atoms with E-state index in [1.54, 1.807) is 13.0 Å². The number of nitrogens with two attached hydrogens (primary N) is 1. The number of aromatic nitrogens is 1. The first-order valence-corrected chi connectivity index (χ1v) is 20.5. The summed E-state index contributed by atoms with van der Waals surface area (Å²) >= 11 is 0. The molecule has 2 aliphatic carbocycles. The highest BCUT2D eigenvalue weighted by molar-refractivity contribution is 5.42. The van der Waals surface area contributed by atoms with Gasteiger partial charge in [-0.2, -0.15) is 0 Å². The molecule has 0 spiro atoms. The molecule has 9 nitrogen and oxygen atoms in total. The molecule has 0 bridgehead atoms. The fourth-order valence-electron chi connectivity index (χ4n) is 8.98. The van der Waals surface area contributed by atoms with Gasteiger partial charge in [-0.05, 0) is 117 Å². The van der Waals surface area contributed by atoms with Crippen molar-refractivity contribution >= 4 is 0 Å². The van der Waals surface area contributed by atoms with E-state index in [-0.39, 0.29) is 25.1 Å². The molecule has 1 saturated carbocycles. The zero-order valence-electron chi connectivity index (χ0n) is 32.1. The second-order valence-corrected chi connectivity index (χ2v) is 16.0. The van der Waals surface area contributed by atoms with Gasteiger partial charge in [-0.3, -0.25) is 0 Å². The van der Waals surface area contributed by atoms with E-state index in [0.717, 1.165) is 92.2 Å².